The number of aryl methyl sites for hydroxylation is 2. The Kier molecular flexibility index (Phi) is 5.60. The van der Waals surface area contributed by atoms with Gasteiger partial charge in [-0.3, -0.25) is 4.90 Å². The molecule has 3 aromatic rings. The van der Waals surface area contributed by atoms with Gasteiger partial charge in [0, 0.05) is 48.0 Å². The van der Waals surface area contributed by atoms with Crippen LogP contribution in [0.1, 0.15) is 34.6 Å². The smallest absolute Gasteiger partial charge is 0.0478 e. The molecular weight excluding hydrogens is 400 g/mol. The van der Waals surface area contributed by atoms with E-state index in [0.717, 1.165) is 30.2 Å². The molecule has 0 saturated carbocycles. The van der Waals surface area contributed by atoms with Gasteiger partial charge in [-0.15, -0.1) is 0 Å². The summed E-state index contributed by atoms with van der Waals surface area (Å²) in [7, 11) is 0. The van der Waals surface area contributed by atoms with Crippen LogP contribution in [0.5, 0.6) is 0 Å². The molecule has 2 atom stereocenters. The highest BCUT2D eigenvalue weighted by Crippen LogP contribution is 2.48. The standard InChI is InChI=1S/C28H29ClN2/c1-20-9-12-23(13-10-20)31-27-14-11-21(2)18-24(27)25-19-30(17-15-28(25)31)16-5-7-22-6-3-4-8-26(22)29/h3-14,18,25,28H,15-17,19H2,1-2H3/t25-,28+/m0/s1. The number of benzene rings is 3. The van der Waals surface area contributed by atoms with Gasteiger partial charge in [-0.05, 0) is 55.7 Å². The molecule has 0 amide bonds. The second-order valence-electron chi connectivity index (χ2n) is 8.91. The van der Waals surface area contributed by atoms with Gasteiger partial charge in [-0.25, -0.2) is 0 Å². The lowest BCUT2D eigenvalue weighted by atomic mass is 9.88. The second kappa shape index (κ2) is 8.53. The van der Waals surface area contributed by atoms with Crippen LogP contribution in [0, 0.1) is 13.8 Å². The van der Waals surface area contributed by atoms with E-state index in [9.17, 15) is 0 Å². The third-order valence-corrected chi connectivity index (χ3v) is 7.06. The van der Waals surface area contributed by atoms with Crippen LogP contribution in [0.15, 0.2) is 72.8 Å². The SMILES string of the molecule is Cc1ccc(N2c3ccc(C)cc3[C@@H]3CN(CC=Cc4ccccc4Cl)CC[C@H]32)cc1. The maximum absolute atomic E-state index is 6.30. The van der Waals surface area contributed by atoms with Gasteiger partial charge in [-0.2, -0.15) is 0 Å². The van der Waals surface area contributed by atoms with Gasteiger partial charge in [0.15, 0.2) is 0 Å². The Morgan fingerprint density at radius 1 is 0.968 bits per heavy atom. The van der Waals surface area contributed by atoms with Crippen molar-refractivity contribution in [1.29, 1.82) is 0 Å². The first-order valence-electron chi connectivity index (χ1n) is 11.2. The Labute approximate surface area is 190 Å². The molecule has 0 bridgehead atoms. The minimum absolute atomic E-state index is 0.531. The minimum atomic E-state index is 0.531. The zero-order valence-corrected chi connectivity index (χ0v) is 19.0. The fraction of sp³-hybridized carbons (Fsp3) is 0.286. The van der Waals surface area contributed by atoms with Crippen LogP contribution in [-0.2, 0) is 0 Å². The number of hydrogen-bond acceptors (Lipinski definition) is 2. The van der Waals surface area contributed by atoms with Crippen molar-refractivity contribution in [1.82, 2.24) is 4.90 Å². The summed E-state index contributed by atoms with van der Waals surface area (Å²) < 4.78 is 0. The van der Waals surface area contributed by atoms with Gasteiger partial charge in [0.1, 0.15) is 0 Å². The molecule has 2 aliphatic heterocycles. The number of hydrogen-bond donors (Lipinski definition) is 0. The molecule has 31 heavy (non-hydrogen) atoms. The first-order valence-corrected chi connectivity index (χ1v) is 11.6. The number of fused-ring (bicyclic) bond motifs is 3. The fourth-order valence-corrected chi connectivity index (χ4v) is 5.33. The third-order valence-electron chi connectivity index (χ3n) is 6.71. The first kappa shape index (κ1) is 20.4. The minimum Gasteiger partial charge on any atom is -0.337 e. The number of rotatable bonds is 4. The second-order valence-corrected chi connectivity index (χ2v) is 9.32. The van der Waals surface area contributed by atoms with Crippen molar-refractivity contribution in [2.45, 2.75) is 32.2 Å². The van der Waals surface area contributed by atoms with Crippen LogP contribution < -0.4 is 4.90 Å². The Hall–Kier alpha value is -2.55. The predicted octanol–water partition coefficient (Wildman–Crippen LogP) is 6.98. The first-order chi connectivity index (χ1) is 15.1. The van der Waals surface area contributed by atoms with Crippen LogP contribution in [0.25, 0.3) is 6.08 Å². The molecule has 1 fully saturated rings. The van der Waals surface area contributed by atoms with Crippen molar-refractivity contribution < 1.29 is 0 Å². The highest BCUT2D eigenvalue weighted by molar-refractivity contribution is 6.32. The van der Waals surface area contributed by atoms with Gasteiger partial charge in [-0.1, -0.05) is 77.3 Å². The summed E-state index contributed by atoms with van der Waals surface area (Å²) >= 11 is 6.30. The van der Waals surface area contributed by atoms with Gasteiger partial charge in [0.25, 0.3) is 0 Å². The van der Waals surface area contributed by atoms with Crippen LogP contribution in [-0.4, -0.2) is 30.6 Å². The zero-order valence-electron chi connectivity index (χ0n) is 18.3. The quantitative estimate of drug-likeness (QED) is 0.442. The summed E-state index contributed by atoms with van der Waals surface area (Å²) in [5, 5.41) is 0.811. The molecule has 0 N–H and O–H groups in total. The average Bonchev–Trinajstić information content (AvgIpc) is 3.09. The van der Waals surface area contributed by atoms with Gasteiger partial charge >= 0.3 is 0 Å². The topological polar surface area (TPSA) is 6.48 Å². The van der Waals surface area contributed by atoms with E-state index >= 15 is 0 Å². The molecule has 0 aliphatic carbocycles. The van der Waals surface area contributed by atoms with Crippen molar-refractivity contribution in [2.24, 2.45) is 0 Å². The summed E-state index contributed by atoms with van der Waals surface area (Å²) in [6.07, 6.45) is 5.58. The van der Waals surface area contributed by atoms with Crippen molar-refractivity contribution in [3.8, 4) is 0 Å². The van der Waals surface area contributed by atoms with E-state index in [1.807, 2.05) is 18.2 Å². The lowest BCUT2D eigenvalue weighted by Gasteiger charge is -2.38. The van der Waals surface area contributed by atoms with Crippen molar-refractivity contribution in [3.05, 3.63) is 100 Å². The summed E-state index contributed by atoms with van der Waals surface area (Å²) in [4.78, 5) is 5.18. The monoisotopic (exact) mass is 428 g/mol. The van der Waals surface area contributed by atoms with Crippen LogP contribution in [0.2, 0.25) is 5.02 Å². The van der Waals surface area contributed by atoms with Gasteiger partial charge < -0.3 is 4.90 Å². The molecule has 3 aromatic carbocycles. The molecule has 2 heterocycles. The number of halogens is 1. The Balaban J connectivity index is 1.38. The largest absolute Gasteiger partial charge is 0.337 e. The number of piperidine rings is 1. The van der Waals surface area contributed by atoms with E-state index in [0.29, 0.717) is 12.0 Å². The van der Waals surface area contributed by atoms with E-state index in [2.05, 4.69) is 84.3 Å². The zero-order chi connectivity index (χ0) is 21.4. The Bertz CT molecular complexity index is 1100. The maximum atomic E-state index is 6.30. The summed E-state index contributed by atoms with van der Waals surface area (Å²) in [5.74, 6) is 0.540. The molecular formula is C28H29ClN2. The number of likely N-dealkylation sites (tertiary alicyclic amines) is 1. The van der Waals surface area contributed by atoms with Crippen LogP contribution >= 0.6 is 11.6 Å². The van der Waals surface area contributed by atoms with Gasteiger partial charge in [0.2, 0.25) is 0 Å². The van der Waals surface area contributed by atoms with Gasteiger partial charge in [0.05, 0.1) is 0 Å². The van der Waals surface area contributed by atoms with Crippen LogP contribution in [0.4, 0.5) is 11.4 Å². The maximum Gasteiger partial charge on any atom is 0.0478 e. The molecule has 0 aromatic heterocycles. The molecule has 1 saturated heterocycles. The molecule has 158 valence electrons. The van der Waals surface area contributed by atoms with E-state index < -0.39 is 0 Å². The third kappa shape index (κ3) is 4.03. The van der Waals surface area contributed by atoms with Crippen LogP contribution in [0.3, 0.4) is 0 Å². The highest BCUT2D eigenvalue weighted by atomic mass is 35.5. The predicted molar refractivity (Wildman–Crippen MR) is 133 cm³/mol. The molecule has 0 unspecified atom stereocenters. The Morgan fingerprint density at radius 3 is 2.55 bits per heavy atom. The molecule has 3 heteroatoms. The van der Waals surface area contributed by atoms with Crippen molar-refractivity contribution in [3.63, 3.8) is 0 Å². The van der Waals surface area contributed by atoms with Crippen molar-refractivity contribution >= 4 is 29.1 Å². The lowest BCUT2D eigenvalue weighted by molar-refractivity contribution is 0.215. The van der Waals surface area contributed by atoms with E-state index in [4.69, 9.17) is 11.6 Å². The summed E-state index contributed by atoms with van der Waals surface area (Å²) in [6, 6.07) is 24.6. The molecule has 0 spiro atoms. The highest BCUT2D eigenvalue weighted by Gasteiger charge is 2.42. The lowest BCUT2D eigenvalue weighted by Crippen LogP contribution is -2.44. The Morgan fingerprint density at radius 2 is 1.74 bits per heavy atom. The summed E-state index contributed by atoms with van der Waals surface area (Å²) in [6.45, 7) is 7.53. The average molecular weight is 429 g/mol. The molecule has 0 radical (unpaired) electrons. The molecule has 2 aliphatic rings. The number of nitrogens with zero attached hydrogens (tertiary/aromatic N) is 2. The van der Waals surface area contributed by atoms with E-state index in [1.54, 1.807) is 0 Å². The van der Waals surface area contributed by atoms with E-state index in [1.165, 1.54) is 34.5 Å². The van der Waals surface area contributed by atoms with Crippen molar-refractivity contribution in [2.75, 3.05) is 24.5 Å². The fourth-order valence-electron chi connectivity index (χ4n) is 5.13. The van der Waals surface area contributed by atoms with E-state index in [-0.39, 0.29) is 0 Å². The number of anilines is 2. The normalized spacial score (nSPS) is 20.8. The molecule has 2 nitrogen and oxygen atoms in total. The summed E-state index contributed by atoms with van der Waals surface area (Å²) in [5.41, 5.74) is 7.95. The molecule has 5 rings (SSSR count).